The molecule has 3 amide bonds. The molecular weight excluding hydrogens is 514 g/mol. The minimum atomic E-state index is -1.71. The Morgan fingerprint density at radius 2 is 1.72 bits per heavy atom. The van der Waals surface area contributed by atoms with Crippen molar-refractivity contribution in [3.8, 4) is 5.75 Å². The van der Waals surface area contributed by atoms with Crippen LogP contribution in [0, 0.1) is 0 Å². The van der Waals surface area contributed by atoms with E-state index in [0.29, 0.717) is 12.8 Å². The van der Waals surface area contributed by atoms with Gasteiger partial charge in [0.2, 0.25) is 17.7 Å². The minimum Gasteiger partial charge on any atom is -0.508 e. The first-order valence-electron chi connectivity index (χ1n) is 12.3. The summed E-state index contributed by atoms with van der Waals surface area (Å²) in [5.74, 6) is -5.07. The number of guanidine groups is 1. The Kier molecular flexibility index (Phi) is 11.5. The van der Waals surface area contributed by atoms with Crippen LogP contribution in [0.1, 0.15) is 37.7 Å². The molecule has 1 heterocycles. The SMILES string of the molecule is NC(N)=NCCCC(NC(=O)C1CCCN1C(=O)C(N)Cc1ccc(O)cc1)C(=O)NC(CC(=O)O)C(=O)O. The molecular formula is C24H35N7O8. The van der Waals surface area contributed by atoms with Crippen molar-refractivity contribution in [2.75, 3.05) is 13.1 Å². The van der Waals surface area contributed by atoms with Gasteiger partial charge in [-0.3, -0.25) is 24.2 Å². The van der Waals surface area contributed by atoms with Crippen molar-refractivity contribution in [1.82, 2.24) is 15.5 Å². The highest BCUT2D eigenvalue weighted by Gasteiger charge is 2.38. The number of phenols is 1. The topological polar surface area (TPSA) is 264 Å². The summed E-state index contributed by atoms with van der Waals surface area (Å²) in [6.45, 7) is 0.404. The molecule has 0 spiro atoms. The summed E-state index contributed by atoms with van der Waals surface area (Å²) in [6, 6.07) is 1.40. The maximum Gasteiger partial charge on any atom is 0.326 e. The highest BCUT2D eigenvalue weighted by atomic mass is 16.4. The van der Waals surface area contributed by atoms with E-state index < -0.39 is 60.2 Å². The molecule has 0 aliphatic carbocycles. The molecule has 0 aromatic heterocycles. The number of likely N-dealkylation sites (tertiary alicyclic amines) is 1. The lowest BCUT2D eigenvalue weighted by atomic mass is 10.0. The zero-order chi connectivity index (χ0) is 29.1. The van der Waals surface area contributed by atoms with Crippen molar-refractivity contribution >= 4 is 35.6 Å². The zero-order valence-electron chi connectivity index (χ0n) is 21.3. The molecule has 0 radical (unpaired) electrons. The summed E-state index contributed by atoms with van der Waals surface area (Å²) in [7, 11) is 0. The van der Waals surface area contributed by atoms with Gasteiger partial charge in [0.1, 0.15) is 23.9 Å². The van der Waals surface area contributed by atoms with Gasteiger partial charge in [-0.2, -0.15) is 0 Å². The Bertz CT molecular complexity index is 1070. The number of carbonyl (C=O) groups is 5. The first kappa shape index (κ1) is 30.8. The maximum atomic E-state index is 13.2. The van der Waals surface area contributed by atoms with Crippen LogP contribution in [0.4, 0.5) is 0 Å². The molecule has 0 saturated carbocycles. The van der Waals surface area contributed by atoms with E-state index in [0.717, 1.165) is 5.56 Å². The lowest BCUT2D eigenvalue weighted by Gasteiger charge is -2.28. The Morgan fingerprint density at radius 1 is 1.05 bits per heavy atom. The molecule has 1 aromatic carbocycles. The smallest absolute Gasteiger partial charge is 0.326 e. The van der Waals surface area contributed by atoms with Crippen LogP contribution in [-0.2, 0) is 30.4 Å². The number of aliphatic carboxylic acids is 2. The van der Waals surface area contributed by atoms with Crippen LogP contribution in [-0.4, -0.2) is 93.1 Å². The summed E-state index contributed by atoms with van der Waals surface area (Å²) in [6.07, 6.45) is 0.408. The fourth-order valence-corrected chi connectivity index (χ4v) is 4.18. The van der Waals surface area contributed by atoms with Gasteiger partial charge >= 0.3 is 11.9 Å². The van der Waals surface area contributed by atoms with Gasteiger partial charge in [0.25, 0.3) is 0 Å². The number of amides is 3. The van der Waals surface area contributed by atoms with Gasteiger partial charge in [0, 0.05) is 13.1 Å². The van der Waals surface area contributed by atoms with E-state index in [1.54, 1.807) is 12.1 Å². The van der Waals surface area contributed by atoms with Crippen LogP contribution in [0.15, 0.2) is 29.3 Å². The molecule has 15 heteroatoms. The Hall–Kier alpha value is -4.40. The second kappa shape index (κ2) is 14.5. The van der Waals surface area contributed by atoms with E-state index in [-0.39, 0.29) is 44.1 Å². The normalized spacial score (nSPS) is 16.9. The number of aromatic hydroxyl groups is 1. The number of hydrogen-bond donors (Lipinski definition) is 8. The van der Waals surface area contributed by atoms with Crippen molar-refractivity contribution in [3.63, 3.8) is 0 Å². The van der Waals surface area contributed by atoms with Gasteiger partial charge in [-0.1, -0.05) is 12.1 Å². The van der Waals surface area contributed by atoms with E-state index in [9.17, 15) is 34.2 Å². The highest BCUT2D eigenvalue weighted by molar-refractivity contribution is 5.95. The van der Waals surface area contributed by atoms with E-state index >= 15 is 0 Å². The lowest BCUT2D eigenvalue weighted by Crippen LogP contribution is -2.57. The fourth-order valence-electron chi connectivity index (χ4n) is 4.18. The van der Waals surface area contributed by atoms with Crippen LogP contribution < -0.4 is 27.8 Å². The largest absolute Gasteiger partial charge is 0.508 e. The predicted octanol–water partition coefficient (Wildman–Crippen LogP) is -2.16. The van der Waals surface area contributed by atoms with Crippen LogP contribution in [0.2, 0.25) is 0 Å². The van der Waals surface area contributed by atoms with Gasteiger partial charge < -0.3 is 48.1 Å². The van der Waals surface area contributed by atoms with Crippen molar-refractivity contribution < 1.29 is 39.3 Å². The van der Waals surface area contributed by atoms with E-state index in [4.69, 9.17) is 22.3 Å². The average Bonchev–Trinajstić information content (AvgIpc) is 3.35. The Morgan fingerprint density at radius 3 is 2.31 bits per heavy atom. The Balaban J connectivity index is 2.11. The number of carboxylic acid groups (broad SMARTS) is 2. The molecule has 1 aromatic rings. The maximum absolute atomic E-state index is 13.2. The van der Waals surface area contributed by atoms with E-state index in [1.165, 1.54) is 17.0 Å². The molecule has 4 unspecified atom stereocenters. The van der Waals surface area contributed by atoms with E-state index in [1.807, 2.05) is 0 Å². The van der Waals surface area contributed by atoms with Crippen LogP contribution in [0.5, 0.6) is 5.75 Å². The third-order valence-corrected chi connectivity index (χ3v) is 6.12. The summed E-state index contributed by atoms with van der Waals surface area (Å²) in [4.78, 5) is 66.7. The molecule has 1 saturated heterocycles. The molecule has 1 aliphatic heterocycles. The summed E-state index contributed by atoms with van der Waals surface area (Å²) >= 11 is 0. The average molecular weight is 550 g/mol. The standard InChI is InChI=1S/C24H35N7O8/c25-15(11-13-5-7-14(32)8-6-13)22(37)31-10-2-4-18(31)21(36)29-16(3-1-9-28-24(26)27)20(35)30-17(23(38)39)12-19(33)34/h5-8,15-18,32H,1-4,9-12,25H2,(H,29,36)(H,30,35)(H,33,34)(H,38,39)(H4,26,27,28). The fraction of sp³-hybridized carbons (Fsp3) is 0.500. The number of carbonyl (C=O) groups excluding carboxylic acids is 3. The molecule has 4 atom stereocenters. The van der Waals surface area contributed by atoms with Crippen LogP contribution in [0.3, 0.4) is 0 Å². The molecule has 1 fully saturated rings. The van der Waals surface area contributed by atoms with Gasteiger partial charge in [0.05, 0.1) is 12.5 Å². The molecule has 0 bridgehead atoms. The van der Waals surface area contributed by atoms with Gasteiger partial charge in [0.15, 0.2) is 5.96 Å². The van der Waals surface area contributed by atoms with Crippen LogP contribution >= 0.6 is 0 Å². The van der Waals surface area contributed by atoms with Crippen molar-refractivity contribution in [1.29, 1.82) is 0 Å². The van der Waals surface area contributed by atoms with Gasteiger partial charge in [-0.05, 0) is 49.8 Å². The molecule has 214 valence electrons. The van der Waals surface area contributed by atoms with Crippen LogP contribution in [0.25, 0.3) is 0 Å². The predicted molar refractivity (Wildman–Crippen MR) is 138 cm³/mol. The zero-order valence-corrected chi connectivity index (χ0v) is 21.3. The number of nitrogens with two attached hydrogens (primary N) is 3. The molecule has 15 nitrogen and oxygen atoms in total. The first-order valence-corrected chi connectivity index (χ1v) is 12.3. The number of hydrogen-bond acceptors (Lipinski definition) is 8. The van der Waals surface area contributed by atoms with Crippen molar-refractivity contribution in [3.05, 3.63) is 29.8 Å². The number of nitrogens with zero attached hydrogens (tertiary/aromatic N) is 2. The lowest BCUT2D eigenvalue weighted by molar-refractivity contribution is -0.147. The minimum absolute atomic E-state index is 0.00873. The second-order valence-electron chi connectivity index (χ2n) is 9.17. The number of nitrogens with one attached hydrogen (secondary N) is 2. The van der Waals surface area contributed by atoms with Crippen molar-refractivity contribution in [2.24, 2.45) is 22.2 Å². The number of carboxylic acids is 2. The summed E-state index contributed by atoms with van der Waals surface area (Å²) < 4.78 is 0. The molecule has 11 N–H and O–H groups in total. The quantitative estimate of drug-likeness (QED) is 0.0703. The molecule has 39 heavy (non-hydrogen) atoms. The number of phenolic OH excluding ortho intramolecular Hbond substituents is 1. The summed E-state index contributed by atoms with van der Waals surface area (Å²) in [5, 5.41) is 32.4. The molecule has 1 aliphatic rings. The Labute approximate surface area is 224 Å². The number of aliphatic imine (C=N–C) groups is 1. The molecule has 2 rings (SSSR count). The van der Waals surface area contributed by atoms with Crippen molar-refractivity contribution in [2.45, 2.75) is 62.7 Å². The van der Waals surface area contributed by atoms with E-state index in [2.05, 4.69) is 15.6 Å². The second-order valence-corrected chi connectivity index (χ2v) is 9.17. The monoisotopic (exact) mass is 549 g/mol. The third-order valence-electron chi connectivity index (χ3n) is 6.12. The number of benzene rings is 1. The van der Waals surface area contributed by atoms with Gasteiger partial charge in [-0.15, -0.1) is 0 Å². The van der Waals surface area contributed by atoms with Gasteiger partial charge in [-0.25, -0.2) is 4.79 Å². The highest BCUT2D eigenvalue weighted by Crippen LogP contribution is 2.20. The summed E-state index contributed by atoms with van der Waals surface area (Å²) in [5.41, 5.74) is 17.4. The third kappa shape index (κ3) is 9.77. The first-order chi connectivity index (χ1) is 18.4. The number of rotatable bonds is 14.